The summed E-state index contributed by atoms with van der Waals surface area (Å²) in [5.41, 5.74) is 2.45. The summed E-state index contributed by atoms with van der Waals surface area (Å²) < 4.78 is 12.2. The molecule has 1 saturated heterocycles. The third kappa shape index (κ3) is 4.78. The molecule has 0 radical (unpaired) electrons. The van der Waals surface area contributed by atoms with Crippen LogP contribution in [0.1, 0.15) is 22.0 Å². The number of para-hydroxylation sites is 1. The van der Waals surface area contributed by atoms with Crippen molar-refractivity contribution in [3.05, 3.63) is 71.9 Å². The number of fused-ring (bicyclic) bond motifs is 1. The Hall–Kier alpha value is -3.16. The van der Waals surface area contributed by atoms with Crippen molar-refractivity contribution in [1.29, 1.82) is 0 Å². The lowest BCUT2D eigenvalue weighted by molar-refractivity contribution is -0.122. The molecule has 1 atom stereocenters. The van der Waals surface area contributed by atoms with Crippen LogP contribution in [0.15, 0.2) is 60.8 Å². The highest BCUT2D eigenvalue weighted by atomic mass is 16.5. The number of morpholine rings is 1. The molecule has 162 valence electrons. The summed E-state index contributed by atoms with van der Waals surface area (Å²) in [6, 6.07) is 17.8. The van der Waals surface area contributed by atoms with Crippen LogP contribution in [0.2, 0.25) is 0 Å². The number of nitrogens with zero attached hydrogens (tertiary/aromatic N) is 2. The van der Waals surface area contributed by atoms with Gasteiger partial charge in [-0.05, 0) is 11.6 Å². The van der Waals surface area contributed by atoms with Crippen molar-refractivity contribution in [2.75, 3.05) is 40.0 Å². The van der Waals surface area contributed by atoms with Crippen LogP contribution in [0.5, 0.6) is 0 Å². The number of benzene rings is 2. The first-order chi connectivity index (χ1) is 15.2. The van der Waals surface area contributed by atoms with Crippen molar-refractivity contribution in [3.63, 3.8) is 0 Å². The molecule has 1 aromatic heterocycles. The first-order valence-electron chi connectivity index (χ1n) is 10.5. The maximum absolute atomic E-state index is 12.8. The highest BCUT2D eigenvalue weighted by molar-refractivity contribution is 6.04. The molecule has 2 aromatic carbocycles. The predicted molar refractivity (Wildman–Crippen MR) is 118 cm³/mol. The van der Waals surface area contributed by atoms with Gasteiger partial charge in [-0.3, -0.25) is 9.69 Å². The van der Waals surface area contributed by atoms with Gasteiger partial charge in [-0.15, -0.1) is 0 Å². The largest absolute Gasteiger partial charge is 0.465 e. The number of aromatic nitrogens is 1. The van der Waals surface area contributed by atoms with E-state index in [1.54, 1.807) is 10.8 Å². The minimum absolute atomic E-state index is 0.0843. The van der Waals surface area contributed by atoms with Gasteiger partial charge >= 0.3 is 5.97 Å². The molecule has 7 heteroatoms. The van der Waals surface area contributed by atoms with E-state index < -0.39 is 5.97 Å². The van der Waals surface area contributed by atoms with Crippen molar-refractivity contribution in [2.45, 2.75) is 12.6 Å². The zero-order valence-electron chi connectivity index (χ0n) is 17.6. The van der Waals surface area contributed by atoms with Crippen LogP contribution in [0.4, 0.5) is 0 Å². The average molecular weight is 421 g/mol. The SMILES string of the molecule is COC(=O)c1cn(CC(=O)NCC(c2ccccc2)N2CCOCC2)c2ccccc12. The molecular formula is C24H27N3O4. The summed E-state index contributed by atoms with van der Waals surface area (Å²) in [4.78, 5) is 27.3. The van der Waals surface area contributed by atoms with Crippen LogP contribution < -0.4 is 5.32 Å². The number of rotatable bonds is 7. The van der Waals surface area contributed by atoms with Gasteiger partial charge in [0.25, 0.3) is 0 Å². The van der Waals surface area contributed by atoms with E-state index >= 15 is 0 Å². The third-order valence-electron chi connectivity index (χ3n) is 5.67. The molecule has 1 fully saturated rings. The number of hydrogen-bond donors (Lipinski definition) is 1. The van der Waals surface area contributed by atoms with Crippen molar-refractivity contribution in [3.8, 4) is 0 Å². The summed E-state index contributed by atoms with van der Waals surface area (Å²) in [5.74, 6) is -0.516. The molecule has 3 aromatic rings. The molecule has 7 nitrogen and oxygen atoms in total. The van der Waals surface area contributed by atoms with Crippen LogP contribution >= 0.6 is 0 Å². The van der Waals surface area contributed by atoms with Gasteiger partial charge in [0.05, 0.1) is 31.9 Å². The Morgan fingerprint density at radius 3 is 2.52 bits per heavy atom. The normalized spacial score (nSPS) is 15.5. The second-order valence-electron chi connectivity index (χ2n) is 7.56. The molecule has 1 aliphatic heterocycles. The van der Waals surface area contributed by atoms with E-state index in [1.807, 2.05) is 42.5 Å². The highest BCUT2D eigenvalue weighted by Crippen LogP contribution is 2.23. The maximum Gasteiger partial charge on any atom is 0.340 e. The fourth-order valence-electron chi connectivity index (χ4n) is 4.09. The van der Waals surface area contributed by atoms with Crippen LogP contribution in [-0.2, 0) is 20.8 Å². The van der Waals surface area contributed by atoms with Gasteiger partial charge in [0, 0.05) is 36.7 Å². The molecule has 0 spiro atoms. The van der Waals surface area contributed by atoms with Gasteiger partial charge in [0.2, 0.25) is 5.91 Å². The second kappa shape index (κ2) is 9.76. The minimum atomic E-state index is -0.410. The molecule has 0 aliphatic carbocycles. The monoisotopic (exact) mass is 421 g/mol. The smallest absolute Gasteiger partial charge is 0.340 e. The van der Waals surface area contributed by atoms with Gasteiger partial charge in [0.1, 0.15) is 6.54 Å². The zero-order valence-corrected chi connectivity index (χ0v) is 17.6. The molecule has 4 rings (SSSR count). The summed E-state index contributed by atoms with van der Waals surface area (Å²) in [6.45, 7) is 3.69. The van der Waals surface area contributed by atoms with Crippen molar-refractivity contribution < 1.29 is 19.1 Å². The molecule has 1 amide bonds. The number of hydrogen-bond acceptors (Lipinski definition) is 5. The van der Waals surface area contributed by atoms with Crippen LogP contribution in [0.25, 0.3) is 10.9 Å². The number of ether oxygens (including phenoxy) is 2. The fourth-order valence-corrected chi connectivity index (χ4v) is 4.09. The number of nitrogens with one attached hydrogen (secondary N) is 1. The van der Waals surface area contributed by atoms with Gasteiger partial charge < -0.3 is 19.4 Å². The predicted octanol–water partition coefficient (Wildman–Crippen LogP) is 2.62. The van der Waals surface area contributed by atoms with E-state index in [0.29, 0.717) is 25.3 Å². The molecule has 1 unspecified atom stereocenters. The topological polar surface area (TPSA) is 72.8 Å². The Balaban J connectivity index is 1.48. The number of carbonyl (C=O) groups is 2. The van der Waals surface area contributed by atoms with Gasteiger partial charge in [0.15, 0.2) is 0 Å². The second-order valence-corrected chi connectivity index (χ2v) is 7.56. The van der Waals surface area contributed by atoms with E-state index in [4.69, 9.17) is 9.47 Å². The summed E-state index contributed by atoms with van der Waals surface area (Å²) >= 11 is 0. The molecule has 0 bridgehead atoms. The Morgan fingerprint density at radius 2 is 1.77 bits per heavy atom. The fraction of sp³-hybridized carbons (Fsp3) is 0.333. The number of methoxy groups -OCH3 is 1. The maximum atomic E-state index is 12.8. The Labute approximate surface area is 181 Å². The summed E-state index contributed by atoms with van der Waals surface area (Å²) in [6.07, 6.45) is 1.69. The number of amides is 1. The molecule has 0 saturated carbocycles. The Bertz CT molecular complexity index is 1040. The third-order valence-corrected chi connectivity index (χ3v) is 5.67. The zero-order chi connectivity index (χ0) is 21.6. The van der Waals surface area contributed by atoms with Crippen LogP contribution in [-0.4, -0.2) is 61.3 Å². The van der Waals surface area contributed by atoms with Crippen molar-refractivity contribution in [1.82, 2.24) is 14.8 Å². The van der Waals surface area contributed by atoms with Crippen LogP contribution in [0.3, 0.4) is 0 Å². The summed E-state index contributed by atoms with van der Waals surface area (Å²) in [5, 5.41) is 3.86. The van der Waals surface area contributed by atoms with E-state index in [0.717, 1.165) is 24.0 Å². The van der Waals surface area contributed by atoms with Gasteiger partial charge in [-0.1, -0.05) is 48.5 Å². The van der Waals surface area contributed by atoms with E-state index in [1.165, 1.54) is 12.7 Å². The summed E-state index contributed by atoms with van der Waals surface area (Å²) in [7, 11) is 1.36. The van der Waals surface area contributed by atoms with Crippen LogP contribution in [0, 0.1) is 0 Å². The molecule has 1 aliphatic rings. The molecular weight excluding hydrogens is 394 g/mol. The van der Waals surface area contributed by atoms with Crippen molar-refractivity contribution in [2.24, 2.45) is 0 Å². The van der Waals surface area contributed by atoms with E-state index in [-0.39, 0.29) is 18.5 Å². The average Bonchev–Trinajstić information content (AvgIpc) is 3.18. The first kappa shape index (κ1) is 21.1. The molecule has 31 heavy (non-hydrogen) atoms. The number of esters is 1. The highest BCUT2D eigenvalue weighted by Gasteiger charge is 2.23. The molecule has 2 heterocycles. The van der Waals surface area contributed by atoms with E-state index in [9.17, 15) is 9.59 Å². The Morgan fingerprint density at radius 1 is 1.06 bits per heavy atom. The van der Waals surface area contributed by atoms with E-state index in [2.05, 4.69) is 22.3 Å². The van der Waals surface area contributed by atoms with Crippen molar-refractivity contribution >= 4 is 22.8 Å². The lowest BCUT2D eigenvalue weighted by atomic mass is 10.0. The first-order valence-corrected chi connectivity index (χ1v) is 10.5. The Kier molecular flexibility index (Phi) is 6.64. The lowest BCUT2D eigenvalue weighted by Gasteiger charge is -2.35. The number of carbonyl (C=O) groups excluding carboxylic acids is 2. The minimum Gasteiger partial charge on any atom is -0.465 e. The molecule has 1 N–H and O–H groups in total. The van der Waals surface area contributed by atoms with Gasteiger partial charge in [-0.2, -0.15) is 0 Å². The quantitative estimate of drug-likeness (QED) is 0.594. The lowest BCUT2D eigenvalue weighted by Crippen LogP contribution is -2.44. The standard InChI is InChI=1S/C24H27N3O4/c1-30-24(29)20-16-27(21-10-6-5-9-19(20)21)17-23(28)25-15-22(18-7-3-2-4-8-18)26-11-13-31-14-12-26/h2-10,16,22H,11-15,17H2,1H3,(H,25,28). The van der Waals surface area contributed by atoms with Gasteiger partial charge in [-0.25, -0.2) is 4.79 Å².